The van der Waals surface area contributed by atoms with Crippen LogP contribution in [0, 0.1) is 0 Å². The first kappa shape index (κ1) is 24.1. The van der Waals surface area contributed by atoms with Crippen molar-refractivity contribution in [3.63, 3.8) is 0 Å². The molecule has 0 saturated carbocycles. The number of thiophene rings is 1. The molecule has 36 heavy (non-hydrogen) atoms. The summed E-state index contributed by atoms with van der Waals surface area (Å²) in [5.41, 5.74) is 4.36. The lowest BCUT2D eigenvalue weighted by Gasteiger charge is -2.10. The van der Waals surface area contributed by atoms with Crippen LogP contribution in [0.5, 0.6) is 5.75 Å². The van der Waals surface area contributed by atoms with E-state index in [0.29, 0.717) is 35.3 Å². The SMILES string of the molecule is O=C(CO)NCc1ccc(-c2nc3c(Nc4ccc(OCc5ccsc5)c(Cl)c4)ncnc3s2)cc1. The van der Waals surface area contributed by atoms with Gasteiger partial charge in [0.15, 0.2) is 5.82 Å². The monoisotopic (exact) mass is 537 g/mol. The van der Waals surface area contributed by atoms with Crippen molar-refractivity contribution in [2.75, 3.05) is 11.9 Å². The number of nitrogens with one attached hydrogen (secondary N) is 2. The maximum atomic E-state index is 11.2. The molecular weight excluding hydrogens is 518 g/mol. The molecule has 5 aromatic rings. The number of aliphatic hydroxyl groups excluding tert-OH is 1. The molecule has 3 aromatic heterocycles. The second-order valence-corrected chi connectivity index (χ2v) is 9.88. The molecule has 0 aliphatic carbocycles. The van der Waals surface area contributed by atoms with Gasteiger partial charge in [-0.05, 0) is 46.2 Å². The molecule has 0 saturated heterocycles. The highest BCUT2D eigenvalue weighted by atomic mass is 35.5. The van der Waals surface area contributed by atoms with Gasteiger partial charge in [0.1, 0.15) is 40.6 Å². The molecule has 0 unspecified atom stereocenters. The number of aromatic nitrogens is 3. The van der Waals surface area contributed by atoms with E-state index in [2.05, 4.69) is 20.6 Å². The highest BCUT2D eigenvalue weighted by molar-refractivity contribution is 7.21. The minimum absolute atomic E-state index is 0.347. The van der Waals surface area contributed by atoms with Crippen LogP contribution in [-0.2, 0) is 17.9 Å². The lowest BCUT2D eigenvalue weighted by Crippen LogP contribution is -2.25. The minimum Gasteiger partial charge on any atom is -0.487 e. The third-order valence-corrected chi connectivity index (χ3v) is 7.24. The van der Waals surface area contributed by atoms with Crippen molar-refractivity contribution < 1.29 is 14.6 Å². The molecule has 0 atom stereocenters. The van der Waals surface area contributed by atoms with E-state index in [1.807, 2.05) is 53.2 Å². The van der Waals surface area contributed by atoms with Crippen LogP contribution in [0.2, 0.25) is 5.02 Å². The predicted molar refractivity (Wildman–Crippen MR) is 143 cm³/mol. The summed E-state index contributed by atoms with van der Waals surface area (Å²) < 4.78 is 5.83. The normalized spacial score (nSPS) is 10.9. The molecule has 11 heteroatoms. The van der Waals surface area contributed by atoms with Crippen molar-refractivity contribution in [1.29, 1.82) is 0 Å². The number of thiazole rings is 1. The first-order chi connectivity index (χ1) is 17.6. The van der Waals surface area contributed by atoms with Crippen LogP contribution in [0.4, 0.5) is 11.5 Å². The molecule has 0 radical (unpaired) electrons. The molecule has 3 N–H and O–H groups in total. The zero-order chi connectivity index (χ0) is 24.9. The van der Waals surface area contributed by atoms with Crippen LogP contribution in [-0.4, -0.2) is 32.6 Å². The van der Waals surface area contributed by atoms with Gasteiger partial charge in [-0.1, -0.05) is 47.2 Å². The van der Waals surface area contributed by atoms with E-state index >= 15 is 0 Å². The maximum Gasteiger partial charge on any atom is 0.245 e. The standard InChI is InChI=1S/C25H20ClN5O3S2/c26-19-9-18(5-6-20(19)34-12-16-7-8-35-13-16)30-23-22-25(29-14-28-23)36-24(31-22)17-3-1-15(2-4-17)10-27-21(33)11-32/h1-9,13-14,32H,10-12H2,(H,27,33)(H,28,29,30). The van der Waals surface area contributed by atoms with E-state index in [0.717, 1.165) is 32.2 Å². The molecule has 2 aromatic carbocycles. The Morgan fingerprint density at radius 2 is 1.94 bits per heavy atom. The van der Waals surface area contributed by atoms with Gasteiger partial charge in [0.2, 0.25) is 5.91 Å². The van der Waals surface area contributed by atoms with Crippen molar-refractivity contribution >= 4 is 62.0 Å². The first-order valence-corrected chi connectivity index (χ1v) is 13.0. The highest BCUT2D eigenvalue weighted by Gasteiger charge is 2.13. The number of ether oxygens (including phenoxy) is 1. The summed E-state index contributed by atoms with van der Waals surface area (Å²) >= 11 is 9.54. The number of amides is 1. The minimum atomic E-state index is -0.527. The molecule has 0 spiro atoms. The molecule has 182 valence electrons. The van der Waals surface area contributed by atoms with E-state index in [1.54, 1.807) is 17.4 Å². The van der Waals surface area contributed by atoms with Crippen LogP contribution < -0.4 is 15.4 Å². The summed E-state index contributed by atoms with van der Waals surface area (Å²) in [6.45, 7) is 0.280. The lowest BCUT2D eigenvalue weighted by atomic mass is 10.1. The van der Waals surface area contributed by atoms with Crippen molar-refractivity contribution in [2.45, 2.75) is 13.2 Å². The molecule has 8 nitrogen and oxygen atoms in total. The summed E-state index contributed by atoms with van der Waals surface area (Å²) in [6.07, 6.45) is 1.50. The summed E-state index contributed by atoms with van der Waals surface area (Å²) in [4.78, 5) is 25.5. The van der Waals surface area contributed by atoms with Crippen LogP contribution in [0.3, 0.4) is 0 Å². The average molecular weight is 538 g/mol. The maximum absolute atomic E-state index is 11.2. The molecule has 1 amide bonds. The van der Waals surface area contributed by atoms with Crippen LogP contribution in [0.25, 0.3) is 20.9 Å². The zero-order valence-electron chi connectivity index (χ0n) is 18.8. The fraction of sp³-hybridized carbons (Fsp3) is 0.120. The van der Waals surface area contributed by atoms with Crippen LogP contribution >= 0.6 is 34.3 Å². The van der Waals surface area contributed by atoms with Crippen LogP contribution in [0.15, 0.2) is 65.6 Å². The van der Waals surface area contributed by atoms with Crippen molar-refractivity contribution in [1.82, 2.24) is 20.3 Å². The number of hydrogen-bond donors (Lipinski definition) is 3. The van der Waals surface area contributed by atoms with Crippen molar-refractivity contribution in [3.05, 3.63) is 81.8 Å². The van der Waals surface area contributed by atoms with Gasteiger partial charge in [-0.15, -0.1) is 0 Å². The molecule has 0 bridgehead atoms. The number of aliphatic hydroxyl groups is 1. The number of hydrogen-bond acceptors (Lipinski definition) is 9. The van der Waals surface area contributed by atoms with E-state index in [4.69, 9.17) is 26.4 Å². The number of fused-ring (bicyclic) bond motifs is 1. The third-order valence-electron chi connectivity index (χ3n) is 5.20. The van der Waals surface area contributed by atoms with E-state index in [9.17, 15) is 4.79 Å². The van der Waals surface area contributed by atoms with Crippen molar-refractivity contribution in [2.24, 2.45) is 0 Å². The summed E-state index contributed by atoms with van der Waals surface area (Å²) in [6, 6.07) is 15.2. The van der Waals surface area contributed by atoms with Gasteiger partial charge in [0.05, 0.1) is 5.02 Å². The number of carbonyl (C=O) groups excluding carboxylic acids is 1. The predicted octanol–water partition coefficient (Wildman–Crippen LogP) is 5.40. The van der Waals surface area contributed by atoms with Gasteiger partial charge in [0.25, 0.3) is 0 Å². The van der Waals surface area contributed by atoms with Gasteiger partial charge in [0, 0.05) is 17.8 Å². The zero-order valence-corrected chi connectivity index (χ0v) is 21.2. The van der Waals surface area contributed by atoms with E-state index in [-0.39, 0.29) is 0 Å². The number of carbonyl (C=O) groups is 1. The smallest absolute Gasteiger partial charge is 0.245 e. The Labute approximate surface area is 219 Å². The van der Waals surface area contributed by atoms with Gasteiger partial charge in [-0.2, -0.15) is 11.3 Å². The largest absolute Gasteiger partial charge is 0.487 e. The Morgan fingerprint density at radius 3 is 2.69 bits per heavy atom. The van der Waals surface area contributed by atoms with Gasteiger partial charge >= 0.3 is 0 Å². The van der Waals surface area contributed by atoms with Crippen LogP contribution in [0.1, 0.15) is 11.1 Å². The Morgan fingerprint density at radius 1 is 1.08 bits per heavy atom. The van der Waals surface area contributed by atoms with E-state index in [1.165, 1.54) is 17.7 Å². The first-order valence-electron chi connectivity index (χ1n) is 10.9. The Balaban J connectivity index is 1.31. The molecule has 0 aliphatic heterocycles. The lowest BCUT2D eigenvalue weighted by molar-refractivity contribution is -0.123. The number of benzene rings is 2. The third kappa shape index (κ3) is 5.63. The number of nitrogens with zero attached hydrogens (tertiary/aromatic N) is 3. The van der Waals surface area contributed by atoms with E-state index < -0.39 is 12.5 Å². The fourth-order valence-electron chi connectivity index (χ4n) is 3.36. The number of halogens is 1. The van der Waals surface area contributed by atoms with Gasteiger partial charge < -0.3 is 20.5 Å². The van der Waals surface area contributed by atoms with Crippen molar-refractivity contribution in [3.8, 4) is 16.3 Å². The quantitative estimate of drug-likeness (QED) is 0.231. The topological polar surface area (TPSA) is 109 Å². The molecule has 0 aliphatic rings. The highest BCUT2D eigenvalue weighted by Crippen LogP contribution is 2.34. The Kier molecular flexibility index (Phi) is 7.38. The summed E-state index contributed by atoms with van der Waals surface area (Å²) in [5, 5.41) is 20.1. The molecule has 0 fully saturated rings. The van der Waals surface area contributed by atoms with Gasteiger partial charge in [-0.25, -0.2) is 15.0 Å². The molecule has 5 rings (SSSR count). The fourth-order valence-corrected chi connectivity index (χ4v) is 5.16. The molecule has 3 heterocycles. The Hall–Kier alpha value is -3.57. The summed E-state index contributed by atoms with van der Waals surface area (Å²) in [5.74, 6) is 0.774. The number of anilines is 2. The Bertz CT molecular complexity index is 1490. The average Bonchev–Trinajstić information content (AvgIpc) is 3.58. The summed E-state index contributed by atoms with van der Waals surface area (Å²) in [7, 11) is 0. The van der Waals surface area contributed by atoms with Gasteiger partial charge in [-0.3, -0.25) is 4.79 Å². The second kappa shape index (κ2) is 11.0. The number of rotatable bonds is 9. The molecular formula is C25H20ClN5O3S2. The second-order valence-electron chi connectivity index (χ2n) is 7.72.